The molecule has 0 saturated heterocycles. The van der Waals surface area contributed by atoms with Gasteiger partial charge in [-0.25, -0.2) is 4.68 Å². The largest absolute Gasteiger partial charge is 0.396 e. The first-order valence-corrected chi connectivity index (χ1v) is 4.50. The Kier molecular flexibility index (Phi) is 2.68. The molecule has 15 heavy (non-hydrogen) atoms. The average Bonchev–Trinajstić information content (AvgIpc) is 2.78. The van der Waals surface area contributed by atoms with Crippen molar-refractivity contribution in [3.8, 4) is 0 Å². The van der Waals surface area contributed by atoms with Crippen LogP contribution in [0, 0.1) is 0 Å². The lowest BCUT2D eigenvalue weighted by Gasteiger charge is -1.92. The Labute approximate surface area is 85.5 Å². The summed E-state index contributed by atoms with van der Waals surface area (Å²) in [6.07, 6.45) is 2.26. The molecule has 0 spiro atoms. The number of aryl methyl sites for hydroxylation is 1. The van der Waals surface area contributed by atoms with Crippen LogP contribution in [-0.2, 0) is 20.0 Å². The van der Waals surface area contributed by atoms with Crippen molar-refractivity contribution in [3.63, 3.8) is 0 Å². The summed E-state index contributed by atoms with van der Waals surface area (Å²) in [6.45, 7) is 0.508. The van der Waals surface area contributed by atoms with Gasteiger partial charge in [0.15, 0.2) is 5.82 Å². The van der Waals surface area contributed by atoms with Crippen molar-refractivity contribution in [3.05, 3.63) is 17.7 Å². The highest BCUT2D eigenvalue weighted by Gasteiger charge is 2.04. The van der Waals surface area contributed by atoms with Crippen molar-refractivity contribution in [2.24, 2.45) is 7.05 Å². The lowest BCUT2D eigenvalue weighted by Crippen LogP contribution is -2.03. The van der Waals surface area contributed by atoms with Crippen molar-refractivity contribution in [2.45, 2.75) is 13.0 Å². The minimum atomic E-state index is 0.0715. The number of rotatable bonds is 4. The quantitative estimate of drug-likeness (QED) is 0.650. The molecule has 0 unspecified atom stereocenters. The van der Waals surface area contributed by atoms with Gasteiger partial charge in [-0.05, 0) is 5.21 Å². The van der Waals surface area contributed by atoms with E-state index in [2.05, 4.69) is 25.7 Å². The molecule has 8 nitrogen and oxygen atoms in total. The van der Waals surface area contributed by atoms with Crippen LogP contribution in [-0.4, -0.2) is 46.9 Å². The Morgan fingerprint density at radius 1 is 1.33 bits per heavy atom. The molecule has 0 aliphatic carbocycles. The van der Waals surface area contributed by atoms with Crippen LogP contribution in [0.2, 0.25) is 0 Å². The Hall–Kier alpha value is -1.83. The van der Waals surface area contributed by atoms with E-state index < -0.39 is 0 Å². The predicted molar refractivity (Wildman–Crippen MR) is 48.7 cm³/mol. The Bertz CT molecular complexity index is 434. The second-order valence-electron chi connectivity index (χ2n) is 3.08. The molecular formula is C7H11N7O. The average molecular weight is 209 g/mol. The van der Waals surface area contributed by atoms with Crippen molar-refractivity contribution < 1.29 is 5.11 Å². The topological polar surface area (TPSA) is 94.5 Å². The molecule has 0 bridgehead atoms. The SMILES string of the molecule is Cn1nnc(Cn2cc(CCO)nn2)n1. The van der Waals surface area contributed by atoms with Crippen molar-refractivity contribution >= 4 is 0 Å². The first kappa shape index (κ1) is 9.71. The van der Waals surface area contributed by atoms with E-state index in [9.17, 15) is 0 Å². The number of aliphatic hydroxyl groups excluding tert-OH is 1. The molecule has 0 aliphatic rings. The summed E-state index contributed by atoms with van der Waals surface area (Å²) in [7, 11) is 1.70. The van der Waals surface area contributed by atoms with Gasteiger partial charge in [0.05, 0.1) is 12.7 Å². The van der Waals surface area contributed by atoms with Gasteiger partial charge in [0, 0.05) is 19.2 Å². The second kappa shape index (κ2) is 4.13. The fourth-order valence-electron chi connectivity index (χ4n) is 1.18. The molecule has 2 aromatic heterocycles. The first-order chi connectivity index (χ1) is 7.28. The zero-order valence-corrected chi connectivity index (χ0v) is 8.28. The molecule has 0 radical (unpaired) electrons. The van der Waals surface area contributed by atoms with Gasteiger partial charge in [0.2, 0.25) is 0 Å². The van der Waals surface area contributed by atoms with Gasteiger partial charge in [-0.15, -0.1) is 15.3 Å². The lowest BCUT2D eigenvalue weighted by atomic mass is 10.3. The van der Waals surface area contributed by atoms with E-state index in [1.165, 1.54) is 4.80 Å². The smallest absolute Gasteiger partial charge is 0.196 e. The highest BCUT2D eigenvalue weighted by Crippen LogP contribution is 1.96. The van der Waals surface area contributed by atoms with Crippen LogP contribution in [0.15, 0.2) is 6.20 Å². The molecule has 80 valence electrons. The van der Waals surface area contributed by atoms with Gasteiger partial charge >= 0.3 is 0 Å². The van der Waals surface area contributed by atoms with Gasteiger partial charge in [-0.2, -0.15) is 4.80 Å². The maximum atomic E-state index is 8.71. The van der Waals surface area contributed by atoms with Gasteiger partial charge in [0.25, 0.3) is 0 Å². The summed E-state index contributed by atoms with van der Waals surface area (Å²) in [5, 5.41) is 28.0. The molecule has 2 heterocycles. The Morgan fingerprint density at radius 2 is 2.20 bits per heavy atom. The van der Waals surface area contributed by atoms with E-state index in [0.29, 0.717) is 18.8 Å². The summed E-state index contributed by atoms with van der Waals surface area (Å²) < 4.78 is 1.61. The molecule has 0 aromatic carbocycles. The molecule has 0 amide bonds. The molecule has 8 heteroatoms. The predicted octanol–water partition coefficient (Wildman–Crippen LogP) is -1.62. The highest BCUT2D eigenvalue weighted by molar-refractivity contribution is 4.93. The molecule has 2 aromatic rings. The van der Waals surface area contributed by atoms with Crippen molar-refractivity contribution in [1.82, 2.24) is 35.2 Å². The van der Waals surface area contributed by atoms with Gasteiger partial charge < -0.3 is 5.11 Å². The lowest BCUT2D eigenvalue weighted by molar-refractivity contribution is 0.298. The number of tetrazole rings is 1. The van der Waals surface area contributed by atoms with Crippen LogP contribution in [0.1, 0.15) is 11.5 Å². The maximum absolute atomic E-state index is 8.71. The summed E-state index contributed by atoms with van der Waals surface area (Å²) in [6, 6.07) is 0. The molecule has 2 rings (SSSR count). The van der Waals surface area contributed by atoms with Gasteiger partial charge in [-0.3, -0.25) is 0 Å². The minimum absolute atomic E-state index is 0.0715. The number of aromatic nitrogens is 7. The van der Waals surface area contributed by atoms with Crippen LogP contribution in [0.25, 0.3) is 0 Å². The zero-order chi connectivity index (χ0) is 10.7. The second-order valence-corrected chi connectivity index (χ2v) is 3.08. The monoisotopic (exact) mass is 209 g/mol. The fraction of sp³-hybridized carbons (Fsp3) is 0.571. The number of aliphatic hydroxyl groups is 1. The van der Waals surface area contributed by atoms with E-state index in [4.69, 9.17) is 5.11 Å². The molecule has 0 aliphatic heterocycles. The van der Waals surface area contributed by atoms with E-state index in [1.54, 1.807) is 17.9 Å². The summed E-state index contributed by atoms with van der Waals surface area (Å²) in [4.78, 5) is 1.39. The number of hydrogen-bond donors (Lipinski definition) is 1. The maximum Gasteiger partial charge on any atom is 0.196 e. The fourth-order valence-corrected chi connectivity index (χ4v) is 1.18. The van der Waals surface area contributed by atoms with Crippen LogP contribution in [0.4, 0.5) is 0 Å². The summed E-state index contributed by atoms with van der Waals surface area (Å²) >= 11 is 0. The standard InChI is InChI=1S/C7H11N7O/c1-13-10-7(9-11-13)5-14-4-6(2-3-15)8-12-14/h4,15H,2-3,5H2,1H3. The summed E-state index contributed by atoms with van der Waals surface area (Å²) in [5.74, 6) is 0.581. The van der Waals surface area contributed by atoms with E-state index >= 15 is 0 Å². The van der Waals surface area contributed by atoms with Gasteiger partial charge in [-0.1, -0.05) is 5.21 Å². The highest BCUT2D eigenvalue weighted by atomic mass is 16.3. The third-order valence-electron chi connectivity index (χ3n) is 1.81. The Balaban J connectivity index is 2.04. The third kappa shape index (κ3) is 2.34. The first-order valence-electron chi connectivity index (χ1n) is 4.50. The van der Waals surface area contributed by atoms with Crippen molar-refractivity contribution in [2.75, 3.05) is 6.61 Å². The van der Waals surface area contributed by atoms with E-state index in [-0.39, 0.29) is 6.61 Å². The van der Waals surface area contributed by atoms with Crippen molar-refractivity contribution in [1.29, 1.82) is 0 Å². The van der Waals surface area contributed by atoms with Crippen LogP contribution < -0.4 is 0 Å². The molecule has 1 N–H and O–H groups in total. The number of nitrogens with zero attached hydrogens (tertiary/aromatic N) is 7. The number of hydrogen-bond acceptors (Lipinski definition) is 6. The van der Waals surface area contributed by atoms with Crippen LogP contribution in [0.3, 0.4) is 0 Å². The Morgan fingerprint density at radius 3 is 2.87 bits per heavy atom. The van der Waals surface area contributed by atoms with E-state index in [0.717, 1.165) is 5.69 Å². The summed E-state index contributed by atoms with van der Waals surface area (Å²) in [5.41, 5.74) is 0.751. The minimum Gasteiger partial charge on any atom is -0.396 e. The molecule has 0 fully saturated rings. The zero-order valence-electron chi connectivity index (χ0n) is 8.28. The molecule has 0 atom stereocenters. The third-order valence-corrected chi connectivity index (χ3v) is 1.81. The van der Waals surface area contributed by atoms with Crippen LogP contribution >= 0.6 is 0 Å². The molecule has 0 saturated carbocycles. The molecular weight excluding hydrogens is 198 g/mol. The van der Waals surface area contributed by atoms with E-state index in [1.807, 2.05) is 0 Å². The van der Waals surface area contributed by atoms with Crippen LogP contribution in [0.5, 0.6) is 0 Å². The van der Waals surface area contributed by atoms with Gasteiger partial charge in [0.1, 0.15) is 6.54 Å². The normalized spacial score (nSPS) is 10.8.